The number of carbonyl (C=O) groups is 1. The highest BCUT2D eigenvalue weighted by Gasteiger charge is 2.41. The van der Waals surface area contributed by atoms with E-state index in [1.54, 1.807) is 6.07 Å². The van der Waals surface area contributed by atoms with Crippen molar-refractivity contribution in [3.05, 3.63) is 22.7 Å². The first-order valence-corrected chi connectivity index (χ1v) is 7.84. The van der Waals surface area contributed by atoms with Crippen LogP contribution in [0.5, 0.6) is 5.75 Å². The molecule has 0 aliphatic heterocycles. The predicted octanol–water partition coefficient (Wildman–Crippen LogP) is 1.94. The number of halogens is 1. The van der Waals surface area contributed by atoms with E-state index < -0.39 is 21.5 Å². The molecule has 20 heavy (non-hydrogen) atoms. The van der Waals surface area contributed by atoms with E-state index in [-0.39, 0.29) is 10.6 Å². The van der Waals surface area contributed by atoms with E-state index in [1.807, 2.05) is 0 Å². The van der Waals surface area contributed by atoms with Crippen molar-refractivity contribution in [2.24, 2.45) is 0 Å². The molecule has 0 spiro atoms. The second-order valence-corrected chi connectivity index (χ2v) is 7.49. The van der Waals surface area contributed by atoms with Gasteiger partial charge in [-0.15, -0.1) is 0 Å². The quantitative estimate of drug-likeness (QED) is 0.861. The molecule has 0 aliphatic carbocycles. The van der Waals surface area contributed by atoms with E-state index in [9.17, 15) is 13.2 Å². The average Bonchev–Trinajstić information content (AvgIpc) is 2.37. The van der Waals surface area contributed by atoms with Gasteiger partial charge in [-0.1, -0.05) is 15.9 Å². The summed E-state index contributed by atoms with van der Waals surface area (Å²) in [7, 11) is -1.43. The summed E-state index contributed by atoms with van der Waals surface area (Å²) in [4.78, 5) is 11.1. The lowest BCUT2D eigenvalue weighted by Crippen LogP contribution is -2.50. The monoisotopic (exact) mass is 365 g/mol. The van der Waals surface area contributed by atoms with E-state index >= 15 is 0 Å². The normalized spacial score (nSPS) is 12.5. The molecule has 0 bridgehead atoms. The molecular formula is C12H16BrNO5S. The van der Waals surface area contributed by atoms with Gasteiger partial charge in [-0.3, -0.25) is 4.79 Å². The first-order valence-electron chi connectivity index (χ1n) is 5.61. The summed E-state index contributed by atoms with van der Waals surface area (Å²) in [5, 5.41) is 9.16. The number of rotatable bonds is 5. The second kappa shape index (κ2) is 5.71. The number of carboxylic acid groups (broad SMARTS) is 1. The molecule has 0 aromatic heterocycles. The SMILES string of the molecule is COc1ccc(Br)cc1S(=O)(=O)N(C)C(C)(C)C(=O)O. The van der Waals surface area contributed by atoms with Crippen molar-refractivity contribution in [3.63, 3.8) is 0 Å². The van der Waals surface area contributed by atoms with Crippen LogP contribution in [0.15, 0.2) is 27.6 Å². The molecule has 1 aromatic rings. The minimum atomic E-state index is -4.01. The van der Waals surface area contributed by atoms with Gasteiger partial charge in [-0.05, 0) is 32.0 Å². The van der Waals surface area contributed by atoms with Crippen LogP contribution in [0, 0.1) is 0 Å². The Morgan fingerprint density at radius 3 is 2.40 bits per heavy atom. The van der Waals surface area contributed by atoms with Crippen LogP contribution < -0.4 is 4.74 Å². The standard InChI is InChI=1S/C12H16BrNO5S/c1-12(2,11(15)16)14(3)20(17,18)10-7-8(13)5-6-9(10)19-4/h5-7H,1-4H3,(H,15,16). The summed E-state index contributed by atoms with van der Waals surface area (Å²) in [6, 6.07) is 4.52. The van der Waals surface area contributed by atoms with Crippen LogP contribution in [0.25, 0.3) is 0 Å². The van der Waals surface area contributed by atoms with Gasteiger partial charge in [0, 0.05) is 11.5 Å². The molecule has 0 saturated carbocycles. The Balaban J connectivity index is 3.45. The first kappa shape index (κ1) is 16.9. The first-order chi connectivity index (χ1) is 9.05. The molecule has 0 atom stereocenters. The van der Waals surface area contributed by atoms with Gasteiger partial charge in [0.25, 0.3) is 0 Å². The van der Waals surface area contributed by atoms with E-state index in [4.69, 9.17) is 9.84 Å². The van der Waals surface area contributed by atoms with Gasteiger partial charge < -0.3 is 9.84 Å². The number of ether oxygens (including phenoxy) is 1. The highest BCUT2D eigenvalue weighted by Crippen LogP contribution is 2.32. The Kier molecular flexibility index (Phi) is 4.83. The number of hydrogen-bond acceptors (Lipinski definition) is 4. The van der Waals surface area contributed by atoms with Crippen molar-refractivity contribution >= 4 is 31.9 Å². The molecule has 0 radical (unpaired) electrons. The number of sulfonamides is 1. The predicted molar refractivity (Wildman–Crippen MR) is 77.4 cm³/mol. The molecule has 0 fully saturated rings. The van der Waals surface area contributed by atoms with Crippen LogP contribution in [0.1, 0.15) is 13.8 Å². The zero-order valence-electron chi connectivity index (χ0n) is 11.5. The zero-order chi connectivity index (χ0) is 15.7. The lowest BCUT2D eigenvalue weighted by molar-refractivity contribution is -0.145. The van der Waals surface area contributed by atoms with Gasteiger partial charge in [0.15, 0.2) is 0 Å². The fourth-order valence-electron chi connectivity index (χ4n) is 1.43. The summed E-state index contributed by atoms with van der Waals surface area (Å²) in [5.41, 5.74) is -1.58. The van der Waals surface area contributed by atoms with Crippen LogP contribution in [-0.4, -0.2) is 43.5 Å². The molecule has 6 nitrogen and oxygen atoms in total. The number of benzene rings is 1. The fourth-order valence-corrected chi connectivity index (χ4v) is 3.60. The lowest BCUT2D eigenvalue weighted by atomic mass is 10.1. The molecule has 0 unspecified atom stereocenters. The molecule has 0 amide bonds. The Morgan fingerprint density at radius 2 is 1.95 bits per heavy atom. The number of nitrogens with zero attached hydrogens (tertiary/aromatic N) is 1. The van der Waals surface area contributed by atoms with Crippen LogP contribution >= 0.6 is 15.9 Å². The molecule has 0 heterocycles. The number of carboxylic acids is 1. The third-order valence-corrected chi connectivity index (χ3v) is 5.62. The van der Waals surface area contributed by atoms with E-state index in [0.29, 0.717) is 4.47 Å². The Labute approximate surface area is 126 Å². The van der Waals surface area contributed by atoms with Crippen molar-refractivity contribution in [2.75, 3.05) is 14.2 Å². The van der Waals surface area contributed by atoms with Crippen molar-refractivity contribution in [3.8, 4) is 5.75 Å². The summed E-state index contributed by atoms with van der Waals surface area (Å²) in [6.45, 7) is 2.63. The summed E-state index contributed by atoms with van der Waals surface area (Å²) < 4.78 is 31.6. The van der Waals surface area contributed by atoms with Crippen LogP contribution in [-0.2, 0) is 14.8 Å². The van der Waals surface area contributed by atoms with Gasteiger partial charge in [-0.25, -0.2) is 8.42 Å². The van der Waals surface area contributed by atoms with E-state index in [2.05, 4.69) is 15.9 Å². The topological polar surface area (TPSA) is 83.9 Å². The highest BCUT2D eigenvalue weighted by molar-refractivity contribution is 9.10. The average molecular weight is 366 g/mol. The minimum absolute atomic E-state index is 0.0915. The van der Waals surface area contributed by atoms with Crippen molar-refractivity contribution < 1.29 is 23.1 Å². The van der Waals surface area contributed by atoms with Gasteiger partial charge in [0.2, 0.25) is 10.0 Å². The Hall–Kier alpha value is -1.12. The van der Waals surface area contributed by atoms with Crippen LogP contribution in [0.2, 0.25) is 0 Å². The van der Waals surface area contributed by atoms with Crippen LogP contribution in [0.3, 0.4) is 0 Å². The molecule has 0 saturated heterocycles. The smallest absolute Gasteiger partial charge is 0.324 e. The zero-order valence-corrected chi connectivity index (χ0v) is 13.9. The maximum atomic E-state index is 12.6. The van der Waals surface area contributed by atoms with Gasteiger partial charge in [0.05, 0.1) is 7.11 Å². The van der Waals surface area contributed by atoms with Crippen LogP contribution in [0.4, 0.5) is 0 Å². The number of likely N-dealkylation sites (N-methyl/N-ethyl adjacent to an activating group) is 1. The Bertz CT molecular complexity index is 627. The molecule has 1 rings (SSSR count). The highest BCUT2D eigenvalue weighted by atomic mass is 79.9. The molecule has 112 valence electrons. The van der Waals surface area contributed by atoms with Gasteiger partial charge in [0.1, 0.15) is 16.2 Å². The molecular weight excluding hydrogens is 350 g/mol. The summed E-state index contributed by atoms with van der Waals surface area (Å²) in [6.07, 6.45) is 0. The number of hydrogen-bond donors (Lipinski definition) is 1. The summed E-state index contributed by atoms with van der Waals surface area (Å²) in [5.74, 6) is -1.08. The molecule has 8 heteroatoms. The fraction of sp³-hybridized carbons (Fsp3) is 0.417. The number of methoxy groups -OCH3 is 1. The summed E-state index contributed by atoms with van der Waals surface area (Å²) >= 11 is 3.19. The molecule has 0 aliphatic rings. The minimum Gasteiger partial charge on any atom is -0.495 e. The Morgan fingerprint density at radius 1 is 1.40 bits per heavy atom. The third kappa shape index (κ3) is 2.97. The van der Waals surface area contributed by atoms with Crippen molar-refractivity contribution in [1.82, 2.24) is 4.31 Å². The molecule has 1 aromatic carbocycles. The maximum absolute atomic E-state index is 12.6. The van der Waals surface area contributed by atoms with Crippen molar-refractivity contribution in [1.29, 1.82) is 0 Å². The van der Waals surface area contributed by atoms with Gasteiger partial charge >= 0.3 is 5.97 Å². The second-order valence-electron chi connectivity index (χ2n) is 4.63. The van der Waals surface area contributed by atoms with E-state index in [1.165, 1.54) is 40.1 Å². The lowest BCUT2D eigenvalue weighted by Gasteiger charge is -2.30. The maximum Gasteiger partial charge on any atom is 0.324 e. The molecule has 1 N–H and O–H groups in total. The number of aliphatic carboxylic acids is 1. The van der Waals surface area contributed by atoms with Crippen molar-refractivity contribution in [2.45, 2.75) is 24.3 Å². The van der Waals surface area contributed by atoms with Gasteiger partial charge in [-0.2, -0.15) is 4.31 Å². The van der Waals surface area contributed by atoms with E-state index in [0.717, 1.165) is 4.31 Å². The third-order valence-electron chi connectivity index (χ3n) is 3.07. The largest absolute Gasteiger partial charge is 0.495 e.